The third-order valence-electron chi connectivity index (χ3n) is 4.26. The highest BCUT2D eigenvalue weighted by atomic mass is 35.5. The van der Waals surface area contributed by atoms with Gasteiger partial charge in [0.25, 0.3) is 0 Å². The summed E-state index contributed by atoms with van der Waals surface area (Å²) in [5.41, 5.74) is 1.84. The van der Waals surface area contributed by atoms with Gasteiger partial charge in [-0.25, -0.2) is 8.42 Å². The van der Waals surface area contributed by atoms with E-state index in [4.69, 9.17) is 16.3 Å². The number of sulfonamides is 1. The van der Waals surface area contributed by atoms with Crippen molar-refractivity contribution < 1.29 is 17.9 Å². The molecular weight excluding hydrogens is 376 g/mol. The molecule has 0 radical (unpaired) electrons. The van der Waals surface area contributed by atoms with Gasteiger partial charge in [0.05, 0.1) is 7.11 Å². The van der Waals surface area contributed by atoms with Crippen LogP contribution < -0.4 is 14.4 Å². The molecule has 26 heavy (non-hydrogen) atoms. The Morgan fingerprint density at radius 2 is 1.88 bits per heavy atom. The smallest absolute Gasteiger partial charge is 0.245 e. The monoisotopic (exact) mass is 394 g/mol. The van der Waals surface area contributed by atoms with E-state index in [2.05, 4.69) is 4.72 Å². The van der Waals surface area contributed by atoms with Crippen molar-refractivity contribution in [3.05, 3.63) is 53.1 Å². The Labute approximate surface area is 157 Å². The maximum absolute atomic E-state index is 12.7. The van der Waals surface area contributed by atoms with Crippen molar-refractivity contribution in [1.82, 2.24) is 4.72 Å². The van der Waals surface area contributed by atoms with Gasteiger partial charge in [0.15, 0.2) is 0 Å². The van der Waals surface area contributed by atoms with Crippen LogP contribution in [0.2, 0.25) is 5.02 Å². The van der Waals surface area contributed by atoms with E-state index in [0.717, 1.165) is 11.3 Å². The van der Waals surface area contributed by atoms with Crippen LogP contribution in [-0.4, -0.2) is 34.0 Å². The largest absolute Gasteiger partial charge is 0.495 e. The van der Waals surface area contributed by atoms with Crippen molar-refractivity contribution in [2.75, 3.05) is 18.6 Å². The predicted molar refractivity (Wildman–Crippen MR) is 100 cm³/mol. The second-order valence-corrected chi connectivity index (χ2v) is 8.20. The van der Waals surface area contributed by atoms with Crippen LogP contribution in [0.15, 0.2) is 47.4 Å². The van der Waals surface area contributed by atoms with E-state index >= 15 is 0 Å². The maximum Gasteiger partial charge on any atom is 0.245 e. The summed E-state index contributed by atoms with van der Waals surface area (Å²) in [6.45, 7) is 2.41. The Kier molecular flexibility index (Phi) is 5.22. The molecule has 0 aliphatic carbocycles. The lowest BCUT2D eigenvalue weighted by Gasteiger charge is -2.18. The van der Waals surface area contributed by atoms with Crippen LogP contribution in [0.25, 0.3) is 0 Å². The topological polar surface area (TPSA) is 75.7 Å². The first kappa shape index (κ1) is 18.7. The molecule has 0 aromatic heterocycles. The number of aryl methyl sites for hydroxylation is 1. The maximum atomic E-state index is 12.7. The number of ether oxygens (including phenoxy) is 1. The second kappa shape index (κ2) is 7.26. The average molecular weight is 395 g/mol. The van der Waals surface area contributed by atoms with Crippen LogP contribution in [0.4, 0.5) is 5.69 Å². The highest BCUT2D eigenvalue weighted by Gasteiger charge is 2.36. The van der Waals surface area contributed by atoms with E-state index in [9.17, 15) is 13.2 Å². The summed E-state index contributed by atoms with van der Waals surface area (Å²) in [7, 11) is -2.58. The predicted octanol–water partition coefficient (Wildman–Crippen LogP) is 2.74. The number of methoxy groups -OCH3 is 1. The van der Waals surface area contributed by atoms with Gasteiger partial charge in [0.1, 0.15) is 16.7 Å². The number of amides is 1. The quantitative estimate of drug-likeness (QED) is 0.846. The number of nitrogens with one attached hydrogen (secondary N) is 1. The summed E-state index contributed by atoms with van der Waals surface area (Å²) in [6.07, 6.45) is 0.384. The number of halogens is 1. The van der Waals surface area contributed by atoms with Gasteiger partial charge in [0, 0.05) is 17.3 Å². The summed E-state index contributed by atoms with van der Waals surface area (Å²) >= 11 is 5.92. The molecule has 3 rings (SSSR count). The molecule has 1 heterocycles. The van der Waals surface area contributed by atoms with Crippen LogP contribution in [0.3, 0.4) is 0 Å². The molecule has 0 unspecified atom stereocenters. The van der Waals surface area contributed by atoms with Crippen LogP contribution in [0.5, 0.6) is 5.75 Å². The second-order valence-electron chi connectivity index (χ2n) is 6.08. The van der Waals surface area contributed by atoms with Crippen molar-refractivity contribution in [1.29, 1.82) is 0 Å². The molecule has 6 nitrogen and oxygen atoms in total. The van der Waals surface area contributed by atoms with E-state index in [1.807, 2.05) is 31.2 Å². The molecule has 0 saturated carbocycles. The third kappa shape index (κ3) is 3.70. The lowest BCUT2D eigenvalue weighted by Crippen LogP contribution is -2.41. The fraction of sp³-hybridized carbons (Fsp3) is 0.278. The fourth-order valence-electron chi connectivity index (χ4n) is 2.88. The van der Waals surface area contributed by atoms with E-state index in [1.165, 1.54) is 19.2 Å². The van der Waals surface area contributed by atoms with Gasteiger partial charge in [0.2, 0.25) is 15.9 Å². The van der Waals surface area contributed by atoms with Gasteiger partial charge in [-0.05, 0) is 43.7 Å². The van der Waals surface area contributed by atoms with Gasteiger partial charge in [-0.15, -0.1) is 0 Å². The van der Waals surface area contributed by atoms with Crippen LogP contribution in [-0.2, 0) is 14.8 Å². The molecule has 1 fully saturated rings. The standard InChI is InChI=1S/C18H19ClN2O4S/c1-12-3-6-14(7-4-12)21-10-9-15(18(21)22)20-26(23,24)17-11-13(19)5-8-16(17)25-2/h3-8,11,15,20H,9-10H2,1-2H3/t15-/m1/s1. The number of nitrogens with zero attached hydrogens (tertiary/aromatic N) is 1. The molecule has 0 spiro atoms. The number of hydrogen-bond acceptors (Lipinski definition) is 4. The highest BCUT2D eigenvalue weighted by Crippen LogP contribution is 2.28. The first-order chi connectivity index (χ1) is 12.3. The summed E-state index contributed by atoms with van der Waals surface area (Å²) in [5, 5.41) is 0.269. The first-order valence-corrected chi connectivity index (χ1v) is 9.92. The van der Waals surface area contributed by atoms with E-state index in [1.54, 1.807) is 11.0 Å². The number of carbonyl (C=O) groups is 1. The van der Waals surface area contributed by atoms with Gasteiger partial charge in [-0.3, -0.25) is 4.79 Å². The highest BCUT2D eigenvalue weighted by molar-refractivity contribution is 7.89. The molecule has 1 saturated heterocycles. The van der Waals surface area contributed by atoms with Crippen LogP contribution >= 0.6 is 11.6 Å². The van der Waals surface area contributed by atoms with Crippen molar-refractivity contribution in [3.63, 3.8) is 0 Å². The Balaban J connectivity index is 1.82. The molecule has 8 heteroatoms. The Morgan fingerprint density at radius 1 is 1.19 bits per heavy atom. The minimum absolute atomic E-state index is 0.0888. The number of rotatable bonds is 5. The number of benzene rings is 2. The summed E-state index contributed by atoms with van der Waals surface area (Å²) in [4.78, 5) is 14.2. The van der Waals surface area contributed by atoms with Gasteiger partial charge < -0.3 is 9.64 Å². The van der Waals surface area contributed by atoms with Crippen molar-refractivity contribution in [2.45, 2.75) is 24.3 Å². The summed E-state index contributed by atoms with van der Waals surface area (Å²) in [5.74, 6) is -0.110. The van der Waals surface area contributed by atoms with Crippen molar-refractivity contribution in [3.8, 4) is 5.75 Å². The zero-order valence-corrected chi connectivity index (χ0v) is 16.0. The molecule has 0 bridgehead atoms. The molecule has 1 aliphatic rings. The number of hydrogen-bond donors (Lipinski definition) is 1. The van der Waals surface area contributed by atoms with E-state index in [-0.39, 0.29) is 21.6 Å². The normalized spacial score (nSPS) is 17.6. The molecule has 1 aliphatic heterocycles. The number of anilines is 1. The number of carbonyl (C=O) groups excluding carboxylic acids is 1. The zero-order valence-electron chi connectivity index (χ0n) is 14.4. The minimum Gasteiger partial charge on any atom is -0.495 e. The molecule has 2 aromatic rings. The Bertz CT molecular complexity index is 929. The minimum atomic E-state index is -3.96. The first-order valence-electron chi connectivity index (χ1n) is 8.06. The summed E-state index contributed by atoms with van der Waals surface area (Å²) in [6, 6.07) is 11.0. The Hall–Kier alpha value is -2.09. The average Bonchev–Trinajstić information content (AvgIpc) is 2.96. The van der Waals surface area contributed by atoms with Gasteiger partial charge in [-0.2, -0.15) is 4.72 Å². The van der Waals surface area contributed by atoms with Gasteiger partial charge >= 0.3 is 0 Å². The molecule has 1 amide bonds. The third-order valence-corrected chi connectivity index (χ3v) is 5.99. The lowest BCUT2D eigenvalue weighted by atomic mass is 10.2. The van der Waals surface area contributed by atoms with Crippen molar-refractivity contribution in [2.24, 2.45) is 0 Å². The molecule has 1 atom stereocenters. The zero-order chi connectivity index (χ0) is 18.9. The van der Waals surface area contributed by atoms with Crippen LogP contribution in [0, 0.1) is 6.92 Å². The molecule has 1 N–H and O–H groups in total. The van der Waals surface area contributed by atoms with Gasteiger partial charge in [-0.1, -0.05) is 29.3 Å². The van der Waals surface area contributed by atoms with E-state index < -0.39 is 16.1 Å². The SMILES string of the molecule is COc1ccc(Cl)cc1S(=O)(=O)N[C@@H]1CCN(c2ccc(C)cc2)C1=O. The van der Waals surface area contributed by atoms with Crippen molar-refractivity contribution >= 4 is 33.2 Å². The van der Waals surface area contributed by atoms with E-state index in [0.29, 0.717) is 13.0 Å². The lowest BCUT2D eigenvalue weighted by molar-refractivity contribution is -0.118. The fourth-order valence-corrected chi connectivity index (χ4v) is 4.54. The molecule has 138 valence electrons. The molecular formula is C18H19ClN2O4S. The Morgan fingerprint density at radius 3 is 2.54 bits per heavy atom. The summed E-state index contributed by atoms with van der Waals surface area (Å²) < 4.78 is 33.0. The van der Waals surface area contributed by atoms with Crippen LogP contribution in [0.1, 0.15) is 12.0 Å². The molecule has 2 aromatic carbocycles.